The molecule has 1 aromatic carbocycles. The molecule has 0 aliphatic heterocycles. The molecule has 0 fully saturated rings. The Hall–Kier alpha value is -1.37. The largest absolute Gasteiger partial charge is 0.296 e. The second-order valence-corrected chi connectivity index (χ2v) is 2.67. The molecular formula is C11H13N. The molecule has 0 bridgehead atoms. The molecule has 0 saturated carbocycles. The van der Waals surface area contributed by atoms with Gasteiger partial charge in [-0.1, -0.05) is 30.9 Å². The maximum absolute atomic E-state index is 4.00. The lowest BCUT2D eigenvalue weighted by Crippen LogP contribution is -1.90. The van der Waals surface area contributed by atoms with Crippen LogP contribution in [0.25, 0.3) is 6.08 Å². The number of aliphatic imine (C=N–C) groups is 1. The number of rotatable bonds is 2. The van der Waals surface area contributed by atoms with Gasteiger partial charge in [-0.3, -0.25) is 4.99 Å². The molecule has 1 nitrogen and oxygen atoms in total. The first-order valence-electron chi connectivity index (χ1n) is 3.94. The molecule has 0 aliphatic rings. The van der Waals surface area contributed by atoms with Crippen molar-refractivity contribution >= 4 is 12.3 Å². The van der Waals surface area contributed by atoms with Crippen LogP contribution in [0.3, 0.4) is 0 Å². The summed E-state index contributed by atoms with van der Waals surface area (Å²) in [6.45, 7) is 5.83. The number of benzene rings is 1. The number of hydrogen-bond acceptors (Lipinski definition) is 1. The zero-order valence-corrected chi connectivity index (χ0v) is 7.54. The first kappa shape index (κ1) is 8.72. The molecule has 1 rings (SSSR count). The van der Waals surface area contributed by atoms with Crippen LogP contribution in [0.5, 0.6) is 0 Å². The molecule has 1 aromatic rings. The van der Waals surface area contributed by atoms with E-state index in [0.717, 1.165) is 11.1 Å². The number of nitrogens with zero attached hydrogens (tertiary/aromatic N) is 1. The lowest BCUT2D eigenvalue weighted by Gasteiger charge is -2.03. The van der Waals surface area contributed by atoms with E-state index >= 15 is 0 Å². The van der Waals surface area contributed by atoms with Gasteiger partial charge in [0.1, 0.15) is 0 Å². The first-order valence-corrected chi connectivity index (χ1v) is 3.94. The Balaban J connectivity index is 3.28. The van der Waals surface area contributed by atoms with Gasteiger partial charge >= 0.3 is 0 Å². The summed E-state index contributed by atoms with van der Waals surface area (Å²) < 4.78 is 0. The van der Waals surface area contributed by atoms with Gasteiger partial charge in [0.05, 0.1) is 0 Å². The van der Waals surface area contributed by atoms with E-state index in [0.29, 0.717) is 0 Å². The molecule has 0 saturated heterocycles. The van der Waals surface area contributed by atoms with Crippen LogP contribution in [0.4, 0.5) is 0 Å². The minimum absolute atomic E-state index is 1.14. The molecule has 62 valence electrons. The highest BCUT2D eigenvalue weighted by atomic mass is 14.6. The highest BCUT2D eigenvalue weighted by molar-refractivity contribution is 5.87. The summed E-state index contributed by atoms with van der Waals surface area (Å²) in [6, 6.07) is 6.14. The Labute approximate surface area is 73.5 Å². The van der Waals surface area contributed by atoms with Gasteiger partial charge in [-0.05, 0) is 18.1 Å². The van der Waals surface area contributed by atoms with E-state index < -0.39 is 0 Å². The Kier molecular flexibility index (Phi) is 2.81. The van der Waals surface area contributed by atoms with Crippen LogP contribution in [0.2, 0.25) is 0 Å². The second-order valence-electron chi connectivity index (χ2n) is 2.67. The zero-order chi connectivity index (χ0) is 8.97. The number of aryl methyl sites for hydroxylation is 1. The van der Waals surface area contributed by atoms with Crippen molar-refractivity contribution in [1.82, 2.24) is 0 Å². The molecule has 0 spiro atoms. The van der Waals surface area contributed by atoms with Crippen LogP contribution in [0.1, 0.15) is 16.7 Å². The van der Waals surface area contributed by atoms with Gasteiger partial charge < -0.3 is 0 Å². The zero-order valence-electron chi connectivity index (χ0n) is 7.54. The van der Waals surface area contributed by atoms with E-state index in [4.69, 9.17) is 0 Å². The van der Waals surface area contributed by atoms with Crippen molar-refractivity contribution < 1.29 is 0 Å². The van der Waals surface area contributed by atoms with E-state index in [-0.39, 0.29) is 0 Å². The Morgan fingerprint density at radius 2 is 2.17 bits per heavy atom. The monoisotopic (exact) mass is 159 g/mol. The first-order chi connectivity index (χ1) is 5.79. The van der Waals surface area contributed by atoms with E-state index in [1.54, 1.807) is 7.05 Å². The van der Waals surface area contributed by atoms with Crippen molar-refractivity contribution in [3.05, 3.63) is 41.5 Å². The summed E-state index contributed by atoms with van der Waals surface area (Å²) in [5, 5.41) is 0. The fourth-order valence-electron chi connectivity index (χ4n) is 1.19. The molecular weight excluding hydrogens is 146 g/mol. The van der Waals surface area contributed by atoms with Gasteiger partial charge in [-0.25, -0.2) is 0 Å². The third-order valence-corrected chi connectivity index (χ3v) is 1.84. The summed E-state index contributed by atoms with van der Waals surface area (Å²) in [7, 11) is 1.78. The maximum Gasteiger partial charge on any atom is 0.0290 e. The normalized spacial score (nSPS) is 10.5. The van der Waals surface area contributed by atoms with Crippen molar-refractivity contribution in [3.8, 4) is 0 Å². The lowest BCUT2D eigenvalue weighted by atomic mass is 10.0. The summed E-state index contributed by atoms with van der Waals surface area (Å²) in [5.41, 5.74) is 3.54. The van der Waals surface area contributed by atoms with Crippen LogP contribution < -0.4 is 0 Å². The topological polar surface area (TPSA) is 12.4 Å². The third kappa shape index (κ3) is 1.62. The highest BCUT2D eigenvalue weighted by Crippen LogP contribution is 2.12. The van der Waals surface area contributed by atoms with Crippen LogP contribution in [0, 0.1) is 6.92 Å². The van der Waals surface area contributed by atoms with Gasteiger partial charge in [0.25, 0.3) is 0 Å². The van der Waals surface area contributed by atoms with Crippen molar-refractivity contribution in [1.29, 1.82) is 0 Å². The summed E-state index contributed by atoms with van der Waals surface area (Å²) in [6.07, 6.45) is 3.72. The predicted octanol–water partition coefficient (Wildman–Crippen LogP) is 2.69. The van der Waals surface area contributed by atoms with Gasteiger partial charge in [-0.15, -0.1) is 0 Å². The standard InChI is InChI=1S/C11H13N/c1-4-10-7-5-6-9(2)11(10)8-12-3/h4-8H,1H2,2-3H3. The Morgan fingerprint density at radius 1 is 1.42 bits per heavy atom. The van der Waals surface area contributed by atoms with E-state index in [1.807, 2.05) is 24.4 Å². The van der Waals surface area contributed by atoms with Gasteiger partial charge in [0.15, 0.2) is 0 Å². The average molecular weight is 159 g/mol. The molecule has 0 aromatic heterocycles. The Morgan fingerprint density at radius 3 is 2.75 bits per heavy atom. The number of hydrogen-bond donors (Lipinski definition) is 0. The van der Waals surface area contributed by atoms with Gasteiger partial charge in [0, 0.05) is 18.8 Å². The van der Waals surface area contributed by atoms with Crippen molar-refractivity contribution in [2.24, 2.45) is 4.99 Å². The van der Waals surface area contributed by atoms with Crippen LogP contribution >= 0.6 is 0 Å². The van der Waals surface area contributed by atoms with E-state index in [2.05, 4.69) is 24.6 Å². The fourth-order valence-corrected chi connectivity index (χ4v) is 1.19. The smallest absolute Gasteiger partial charge is 0.0290 e. The predicted molar refractivity (Wildman–Crippen MR) is 54.8 cm³/mol. The summed E-state index contributed by atoms with van der Waals surface area (Å²) in [4.78, 5) is 4.00. The minimum Gasteiger partial charge on any atom is -0.296 e. The molecule has 0 unspecified atom stereocenters. The third-order valence-electron chi connectivity index (χ3n) is 1.84. The van der Waals surface area contributed by atoms with Gasteiger partial charge in [0.2, 0.25) is 0 Å². The maximum atomic E-state index is 4.00. The molecule has 0 amide bonds. The van der Waals surface area contributed by atoms with E-state index in [1.165, 1.54) is 5.56 Å². The minimum atomic E-state index is 1.14. The summed E-state index contributed by atoms with van der Waals surface area (Å²) >= 11 is 0. The van der Waals surface area contributed by atoms with Crippen molar-refractivity contribution in [2.45, 2.75) is 6.92 Å². The highest BCUT2D eigenvalue weighted by Gasteiger charge is 1.97. The van der Waals surface area contributed by atoms with Gasteiger partial charge in [-0.2, -0.15) is 0 Å². The second kappa shape index (κ2) is 3.86. The van der Waals surface area contributed by atoms with Crippen molar-refractivity contribution in [2.75, 3.05) is 7.05 Å². The molecule has 0 atom stereocenters. The molecule has 0 aliphatic carbocycles. The SMILES string of the molecule is C=Cc1cccc(C)c1C=NC. The molecule has 0 heterocycles. The fraction of sp³-hybridized carbons (Fsp3) is 0.182. The van der Waals surface area contributed by atoms with E-state index in [9.17, 15) is 0 Å². The van der Waals surface area contributed by atoms with Crippen LogP contribution in [-0.4, -0.2) is 13.3 Å². The average Bonchev–Trinajstić information content (AvgIpc) is 2.09. The summed E-state index contributed by atoms with van der Waals surface area (Å²) in [5.74, 6) is 0. The molecule has 0 radical (unpaired) electrons. The quantitative estimate of drug-likeness (QED) is 0.588. The molecule has 0 N–H and O–H groups in total. The van der Waals surface area contributed by atoms with Crippen LogP contribution in [0.15, 0.2) is 29.8 Å². The Bertz CT molecular complexity index is 311. The van der Waals surface area contributed by atoms with Crippen molar-refractivity contribution in [3.63, 3.8) is 0 Å². The molecule has 12 heavy (non-hydrogen) atoms. The molecule has 1 heteroatoms. The van der Waals surface area contributed by atoms with Crippen LogP contribution in [-0.2, 0) is 0 Å². The lowest BCUT2D eigenvalue weighted by molar-refractivity contribution is 1.40.